The van der Waals surface area contributed by atoms with E-state index >= 15 is 0 Å². The second kappa shape index (κ2) is 5.60. The highest BCUT2D eigenvalue weighted by Gasteiger charge is 2.11. The molecule has 102 valence electrons. The van der Waals surface area contributed by atoms with E-state index in [0.29, 0.717) is 18.1 Å². The quantitative estimate of drug-likeness (QED) is 0.844. The lowest BCUT2D eigenvalue weighted by atomic mass is 10.2. The largest absolute Gasteiger partial charge is 0.491 e. The van der Waals surface area contributed by atoms with Crippen molar-refractivity contribution >= 4 is 5.69 Å². The van der Waals surface area contributed by atoms with Gasteiger partial charge in [-0.25, -0.2) is 4.39 Å². The molecule has 2 N–H and O–H groups in total. The summed E-state index contributed by atoms with van der Waals surface area (Å²) in [7, 11) is 0. The molecule has 2 aromatic rings. The second-order valence-corrected chi connectivity index (χ2v) is 3.89. The van der Waals surface area contributed by atoms with Crippen LogP contribution in [0.25, 0.3) is 0 Å². The van der Waals surface area contributed by atoms with Crippen LogP contribution in [0.5, 0.6) is 17.2 Å². The maximum Gasteiger partial charge on any atom is 0.167 e. The summed E-state index contributed by atoms with van der Waals surface area (Å²) < 4.78 is 26.0. The summed E-state index contributed by atoms with van der Waals surface area (Å²) in [6.45, 7) is 4.86. The molecule has 0 bridgehead atoms. The van der Waals surface area contributed by atoms with Gasteiger partial charge in [0, 0.05) is 18.7 Å². The van der Waals surface area contributed by atoms with Crippen LogP contribution in [0, 0.1) is 5.82 Å². The number of aromatic nitrogens is 2. The Morgan fingerprint density at radius 1 is 1.32 bits per heavy atom. The van der Waals surface area contributed by atoms with Crippen molar-refractivity contribution in [2.45, 2.75) is 20.4 Å². The lowest BCUT2D eigenvalue weighted by Gasteiger charge is -2.10. The fraction of sp³-hybridized carbons (Fsp3) is 0.308. The number of nitrogens with two attached hydrogens (primary N) is 1. The third-order valence-corrected chi connectivity index (χ3v) is 2.53. The number of nitrogen functional groups attached to an aromatic ring is 1. The van der Waals surface area contributed by atoms with Gasteiger partial charge in [0.25, 0.3) is 0 Å². The molecule has 1 aromatic heterocycles. The first kappa shape index (κ1) is 13.2. The number of halogens is 1. The normalized spacial score (nSPS) is 10.5. The van der Waals surface area contributed by atoms with Gasteiger partial charge in [-0.3, -0.25) is 4.68 Å². The van der Waals surface area contributed by atoms with Crippen LogP contribution in [-0.4, -0.2) is 16.4 Å². The maximum absolute atomic E-state index is 13.5. The summed E-state index contributed by atoms with van der Waals surface area (Å²) in [4.78, 5) is 0. The third kappa shape index (κ3) is 2.96. The van der Waals surface area contributed by atoms with Crippen LogP contribution in [-0.2, 0) is 6.54 Å². The van der Waals surface area contributed by atoms with Gasteiger partial charge in [-0.2, -0.15) is 5.10 Å². The predicted octanol–water partition coefficient (Wildman–Crippen LogP) is 2.82. The fourth-order valence-corrected chi connectivity index (χ4v) is 1.60. The van der Waals surface area contributed by atoms with Crippen molar-refractivity contribution in [3.05, 3.63) is 30.3 Å². The number of aryl methyl sites for hydroxylation is 1. The number of anilines is 1. The average molecular weight is 265 g/mol. The monoisotopic (exact) mass is 265 g/mol. The molecule has 1 heterocycles. The van der Waals surface area contributed by atoms with Gasteiger partial charge in [-0.15, -0.1) is 0 Å². The van der Waals surface area contributed by atoms with E-state index in [1.54, 1.807) is 24.0 Å². The summed E-state index contributed by atoms with van der Waals surface area (Å²) in [5.41, 5.74) is 5.94. The van der Waals surface area contributed by atoms with E-state index in [4.69, 9.17) is 15.2 Å². The molecule has 6 heteroatoms. The van der Waals surface area contributed by atoms with Crippen LogP contribution in [0.3, 0.4) is 0 Å². The molecular formula is C13H16FN3O2. The number of hydrogen-bond donors (Lipinski definition) is 1. The molecule has 0 fully saturated rings. The Balaban J connectivity index is 2.26. The smallest absolute Gasteiger partial charge is 0.167 e. The number of ether oxygens (including phenoxy) is 2. The summed E-state index contributed by atoms with van der Waals surface area (Å²) in [5.74, 6) is 0.508. The SMILES string of the molecule is CCOc1cc(Oc2cnn(CC)c2)c(N)cc1F. The number of benzene rings is 1. The number of hydrogen-bond acceptors (Lipinski definition) is 4. The van der Waals surface area contributed by atoms with Gasteiger partial charge < -0.3 is 15.2 Å². The van der Waals surface area contributed by atoms with Crippen molar-refractivity contribution in [2.75, 3.05) is 12.3 Å². The van der Waals surface area contributed by atoms with Crippen LogP contribution in [0.2, 0.25) is 0 Å². The van der Waals surface area contributed by atoms with E-state index in [9.17, 15) is 4.39 Å². The Morgan fingerprint density at radius 3 is 2.74 bits per heavy atom. The third-order valence-electron chi connectivity index (χ3n) is 2.53. The van der Waals surface area contributed by atoms with Gasteiger partial charge in [0.1, 0.15) is 0 Å². The molecule has 19 heavy (non-hydrogen) atoms. The van der Waals surface area contributed by atoms with Gasteiger partial charge in [-0.05, 0) is 13.8 Å². The Morgan fingerprint density at radius 2 is 2.11 bits per heavy atom. The van der Waals surface area contributed by atoms with Gasteiger partial charge in [-0.1, -0.05) is 0 Å². The van der Waals surface area contributed by atoms with Crippen molar-refractivity contribution in [1.29, 1.82) is 0 Å². The molecular weight excluding hydrogens is 249 g/mol. The Labute approximate surface area is 110 Å². The first-order valence-corrected chi connectivity index (χ1v) is 6.06. The van der Waals surface area contributed by atoms with Gasteiger partial charge >= 0.3 is 0 Å². The lowest BCUT2D eigenvalue weighted by molar-refractivity contribution is 0.319. The van der Waals surface area contributed by atoms with Crippen LogP contribution in [0.4, 0.5) is 10.1 Å². The molecule has 0 aliphatic carbocycles. The van der Waals surface area contributed by atoms with E-state index < -0.39 is 5.82 Å². The maximum atomic E-state index is 13.5. The van der Waals surface area contributed by atoms with E-state index in [-0.39, 0.29) is 11.4 Å². The fourth-order valence-electron chi connectivity index (χ4n) is 1.60. The first-order chi connectivity index (χ1) is 9.13. The summed E-state index contributed by atoms with van der Waals surface area (Å²) in [6, 6.07) is 2.63. The molecule has 1 aromatic carbocycles. The Bertz CT molecular complexity index is 569. The van der Waals surface area contributed by atoms with Crippen molar-refractivity contribution < 1.29 is 13.9 Å². The lowest BCUT2D eigenvalue weighted by Crippen LogP contribution is -1.98. The van der Waals surface area contributed by atoms with Crippen LogP contribution in [0.1, 0.15) is 13.8 Å². The van der Waals surface area contributed by atoms with Crippen LogP contribution < -0.4 is 15.2 Å². The highest BCUT2D eigenvalue weighted by molar-refractivity contribution is 5.57. The van der Waals surface area contributed by atoms with Gasteiger partial charge in [0.05, 0.1) is 24.7 Å². The van der Waals surface area contributed by atoms with Crippen LogP contribution >= 0.6 is 0 Å². The number of rotatable bonds is 5. The summed E-state index contributed by atoms with van der Waals surface area (Å²) in [6.07, 6.45) is 3.32. The molecule has 0 spiro atoms. The summed E-state index contributed by atoms with van der Waals surface area (Å²) >= 11 is 0. The van der Waals surface area contributed by atoms with Crippen molar-refractivity contribution in [1.82, 2.24) is 9.78 Å². The molecule has 0 amide bonds. The molecule has 5 nitrogen and oxygen atoms in total. The second-order valence-electron chi connectivity index (χ2n) is 3.89. The Hall–Kier alpha value is -2.24. The zero-order valence-corrected chi connectivity index (χ0v) is 10.9. The van der Waals surface area contributed by atoms with E-state index in [1.807, 2.05) is 6.92 Å². The molecule has 0 atom stereocenters. The van der Waals surface area contributed by atoms with Crippen molar-refractivity contribution in [3.63, 3.8) is 0 Å². The highest BCUT2D eigenvalue weighted by Crippen LogP contribution is 2.33. The first-order valence-electron chi connectivity index (χ1n) is 6.06. The van der Waals surface area contributed by atoms with E-state index in [1.165, 1.54) is 12.1 Å². The minimum atomic E-state index is -0.504. The minimum absolute atomic E-state index is 0.120. The van der Waals surface area contributed by atoms with Gasteiger partial charge in [0.2, 0.25) is 0 Å². The zero-order chi connectivity index (χ0) is 13.8. The van der Waals surface area contributed by atoms with Crippen LogP contribution in [0.15, 0.2) is 24.5 Å². The molecule has 0 unspecified atom stereocenters. The molecule has 0 saturated heterocycles. The summed E-state index contributed by atoms with van der Waals surface area (Å²) in [5, 5.41) is 4.08. The van der Waals surface area contributed by atoms with Crippen molar-refractivity contribution in [3.8, 4) is 17.2 Å². The predicted molar refractivity (Wildman–Crippen MR) is 70.0 cm³/mol. The molecule has 0 saturated carbocycles. The van der Waals surface area contributed by atoms with Crippen molar-refractivity contribution in [2.24, 2.45) is 0 Å². The average Bonchev–Trinajstić information content (AvgIpc) is 2.83. The Kier molecular flexibility index (Phi) is 3.89. The number of nitrogens with zero attached hydrogens (tertiary/aromatic N) is 2. The standard InChI is InChI=1S/C13H16FN3O2/c1-3-17-8-9(7-16-17)19-13-6-12(18-4-2)10(14)5-11(13)15/h5-8H,3-4,15H2,1-2H3. The minimum Gasteiger partial charge on any atom is -0.491 e. The topological polar surface area (TPSA) is 62.3 Å². The molecule has 2 rings (SSSR count). The van der Waals surface area contributed by atoms with E-state index in [2.05, 4.69) is 5.10 Å². The van der Waals surface area contributed by atoms with E-state index in [0.717, 1.165) is 6.54 Å². The molecule has 0 radical (unpaired) electrons. The molecule has 0 aliphatic rings. The molecule has 0 aliphatic heterocycles. The highest BCUT2D eigenvalue weighted by atomic mass is 19.1. The zero-order valence-electron chi connectivity index (χ0n) is 10.9. The van der Waals surface area contributed by atoms with Gasteiger partial charge in [0.15, 0.2) is 23.1 Å².